The molecule has 110 valence electrons. The lowest BCUT2D eigenvalue weighted by Crippen LogP contribution is -2.47. The Morgan fingerprint density at radius 2 is 2.15 bits per heavy atom. The van der Waals surface area contributed by atoms with E-state index >= 15 is 0 Å². The van der Waals surface area contributed by atoms with Gasteiger partial charge in [-0.25, -0.2) is 0 Å². The molecular weight excluding hydrogens is 250 g/mol. The van der Waals surface area contributed by atoms with Crippen LogP contribution in [-0.4, -0.2) is 43.5 Å². The van der Waals surface area contributed by atoms with E-state index in [0.717, 1.165) is 38.1 Å². The standard InChI is InChI=1S/C17H25NO2/c1-3-16(17(19)15-9-5-4-6-10-15)18-11-7-8-14(12-18)13-20-2/h4-6,9-10,14,16H,3,7-8,11-13H2,1-2H3. The van der Waals surface area contributed by atoms with Gasteiger partial charge in [0.1, 0.15) is 0 Å². The van der Waals surface area contributed by atoms with Crippen molar-refractivity contribution < 1.29 is 9.53 Å². The van der Waals surface area contributed by atoms with Crippen LogP contribution < -0.4 is 0 Å². The lowest BCUT2D eigenvalue weighted by Gasteiger charge is -2.37. The van der Waals surface area contributed by atoms with Gasteiger partial charge in [-0.05, 0) is 31.7 Å². The van der Waals surface area contributed by atoms with E-state index in [4.69, 9.17) is 4.74 Å². The molecule has 20 heavy (non-hydrogen) atoms. The van der Waals surface area contributed by atoms with E-state index in [0.29, 0.717) is 5.92 Å². The zero-order chi connectivity index (χ0) is 14.4. The van der Waals surface area contributed by atoms with Gasteiger partial charge >= 0.3 is 0 Å². The summed E-state index contributed by atoms with van der Waals surface area (Å²) in [4.78, 5) is 15.0. The second kappa shape index (κ2) is 7.55. The van der Waals surface area contributed by atoms with Gasteiger partial charge in [0.25, 0.3) is 0 Å². The van der Waals surface area contributed by atoms with E-state index in [9.17, 15) is 4.79 Å². The summed E-state index contributed by atoms with van der Waals surface area (Å²) in [6.07, 6.45) is 3.24. The smallest absolute Gasteiger partial charge is 0.179 e. The number of Topliss-reactive ketones (excluding diaryl/α,β-unsaturated/α-hetero) is 1. The minimum atomic E-state index is 0.0112. The highest BCUT2D eigenvalue weighted by Crippen LogP contribution is 2.22. The number of carbonyl (C=O) groups is 1. The van der Waals surface area contributed by atoms with Crippen molar-refractivity contribution in [3.05, 3.63) is 35.9 Å². The van der Waals surface area contributed by atoms with Crippen molar-refractivity contribution >= 4 is 5.78 Å². The van der Waals surface area contributed by atoms with Crippen LogP contribution >= 0.6 is 0 Å². The molecule has 0 aliphatic carbocycles. The Hall–Kier alpha value is -1.19. The Labute approximate surface area is 121 Å². The number of nitrogens with zero attached hydrogens (tertiary/aromatic N) is 1. The zero-order valence-corrected chi connectivity index (χ0v) is 12.5. The first kappa shape index (κ1) is 15.2. The summed E-state index contributed by atoms with van der Waals surface area (Å²) in [5.74, 6) is 0.817. The number of piperidine rings is 1. The first-order chi connectivity index (χ1) is 9.76. The van der Waals surface area contributed by atoms with E-state index < -0.39 is 0 Å². The third-order valence-corrected chi connectivity index (χ3v) is 4.14. The molecule has 1 fully saturated rings. The van der Waals surface area contributed by atoms with Crippen LogP contribution in [0.1, 0.15) is 36.5 Å². The van der Waals surface area contributed by atoms with Crippen molar-refractivity contribution in [2.24, 2.45) is 5.92 Å². The molecule has 0 radical (unpaired) electrons. The third-order valence-electron chi connectivity index (χ3n) is 4.14. The van der Waals surface area contributed by atoms with Crippen LogP contribution in [0.5, 0.6) is 0 Å². The number of likely N-dealkylation sites (tertiary alicyclic amines) is 1. The number of hydrogen-bond donors (Lipinski definition) is 0. The predicted molar refractivity (Wildman–Crippen MR) is 81.0 cm³/mol. The SMILES string of the molecule is CCC(C(=O)c1ccccc1)N1CCCC(COC)C1. The minimum Gasteiger partial charge on any atom is -0.384 e. The number of hydrogen-bond acceptors (Lipinski definition) is 3. The quantitative estimate of drug-likeness (QED) is 0.747. The fourth-order valence-electron chi connectivity index (χ4n) is 3.16. The second-order valence-corrected chi connectivity index (χ2v) is 5.61. The molecule has 0 saturated carbocycles. The maximum absolute atomic E-state index is 12.7. The van der Waals surface area contributed by atoms with E-state index in [-0.39, 0.29) is 11.8 Å². The van der Waals surface area contributed by atoms with Crippen LogP contribution in [0.2, 0.25) is 0 Å². The van der Waals surface area contributed by atoms with E-state index in [2.05, 4.69) is 11.8 Å². The first-order valence-electron chi connectivity index (χ1n) is 7.58. The molecule has 1 aromatic carbocycles. The molecule has 0 bridgehead atoms. The molecule has 0 N–H and O–H groups in total. The van der Waals surface area contributed by atoms with Crippen molar-refractivity contribution in [2.75, 3.05) is 26.8 Å². The molecule has 0 amide bonds. The van der Waals surface area contributed by atoms with Crippen LogP contribution in [0, 0.1) is 5.92 Å². The number of benzene rings is 1. The van der Waals surface area contributed by atoms with Gasteiger partial charge in [-0.2, -0.15) is 0 Å². The number of carbonyl (C=O) groups excluding carboxylic acids is 1. The predicted octanol–water partition coefficient (Wildman–Crippen LogP) is 3.01. The summed E-state index contributed by atoms with van der Waals surface area (Å²) in [6.45, 7) is 4.90. The topological polar surface area (TPSA) is 29.5 Å². The van der Waals surface area contributed by atoms with Gasteiger partial charge in [0.05, 0.1) is 12.6 Å². The summed E-state index contributed by atoms with van der Waals surface area (Å²) in [6, 6.07) is 9.67. The van der Waals surface area contributed by atoms with Gasteiger partial charge in [0.15, 0.2) is 5.78 Å². The maximum Gasteiger partial charge on any atom is 0.179 e. The molecule has 1 heterocycles. The third kappa shape index (κ3) is 3.68. The molecule has 1 aromatic rings. The normalized spacial score (nSPS) is 21.6. The summed E-state index contributed by atoms with van der Waals surface area (Å²) in [5.41, 5.74) is 0.827. The fourth-order valence-corrected chi connectivity index (χ4v) is 3.16. The van der Waals surface area contributed by atoms with Crippen molar-refractivity contribution in [2.45, 2.75) is 32.2 Å². The molecule has 1 aliphatic heterocycles. The number of rotatable bonds is 6. The molecule has 3 nitrogen and oxygen atoms in total. The Kier molecular flexibility index (Phi) is 5.74. The van der Waals surface area contributed by atoms with Gasteiger partial charge in [-0.3, -0.25) is 9.69 Å². The lowest BCUT2D eigenvalue weighted by atomic mass is 9.94. The molecule has 2 unspecified atom stereocenters. The number of ether oxygens (including phenoxy) is 1. The summed E-state index contributed by atoms with van der Waals surface area (Å²) in [5, 5.41) is 0. The molecule has 2 rings (SSSR count). The molecule has 0 aromatic heterocycles. The average Bonchev–Trinajstić information content (AvgIpc) is 2.49. The highest BCUT2D eigenvalue weighted by molar-refractivity contribution is 6.00. The van der Waals surface area contributed by atoms with Gasteiger partial charge < -0.3 is 4.74 Å². The van der Waals surface area contributed by atoms with Crippen molar-refractivity contribution in [3.63, 3.8) is 0 Å². The van der Waals surface area contributed by atoms with Crippen LogP contribution in [0.4, 0.5) is 0 Å². The Morgan fingerprint density at radius 3 is 2.80 bits per heavy atom. The highest BCUT2D eigenvalue weighted by atomic mass is 16.5. The summed E-state index contributed by atoms with van der Waals surface area (Å²) in [7, 11) is 1.76. The van der Waals surface area contributed by atoms with Crippen LogP contribution in [-0.2, 0) is 4.74 Å². The lowest BCUT2D eigenvalue weighted by molar-refractivity contribution is 0.0552. The molecule has 1 aliphatic rings. The largest absolute Gasteiger partial charge is 0.384 e. The van der Waals surface area contributed by atoms with E-state index in [1.807, 2.05) is 30.3 Å². The summed E-state index contributed by atoms with van der Waals surface area (Å²) >= 11 is 0. The van der Waals surface area contributed by atoms with E-state index in [1.54, 1.807) is 7.11 Å². The van der Waals surface area contributed by atoms with Crippen LogP contribution in [0.25, 0.3) is 0 Å². The fraction of sp³-hybridized carbons (Fsp3) is 0.588. The van der Waals surface area contributed by atoms with Crippen molar-refractivity contribution in [1.82, 2.24) is 4.90 Å². The minimum absolute atomic E-state index is 0.0112. The first-order valence-corrected chi connectivity index (χ1v) is 7.58. The van der Waals surface area contributed by atoms with Crippen molar-refractivity contribution in [3.8, 4) is 0 Å². The second-order valence-electron chi connectivity index (χ2n) is 5.61. The van der Waals surface area contributed by atoms with E-state index in [1.165, 1.54) is 6.42 Å². The highest BCUT2D eigenvalue weighted by Gasteiger charge is 2.29. The number of methoxy groups -OCH3 is 1. The zero-order valence-electron chi connectivity index (χ0n) is 12.5. The van der Waals surface area contributed by atoms with Crippen LogP contribution in [0.3, 0.4) is 0 Å². The number of ketones is 1. The van der Waals surface area contributed by atoms with Crippen molar-refractivity contribution in [1.29, 1.82) is 0 Å². The molecule has 1 saturated heterocycles. The molecular formula is C17H25NO2. The Morgan fingerprint density at radius 1 is 1.40 bits per heavy atom. The monoisotopic (exact) mass is 275 g/mol. The Balaban J connectivity index is 2.05. The van der Waals surface area contributed by atoms with Gasteiger partial charge in [0.2, 0.25) is 0 Å². The average molecular weight is 275 g/mol. The van der Waals surface area contributed by atoms with Gasteiger partial charge in [-0.15, -0.1) is 0 Å². The maximum atomic E-state index is 12.7. The Bertz CT molecular complexity index is 416. The molecule has 2 atom stereocenters. The summed E-state index contributed by atoms with van der Waals surface area (Å²) < 4.78 is 5.28. The molecule has 0 spiro atoms. The molecule has 3 heteroatoms. The van der Waals surface area contributed by atoms with Gasteiger partial charge in [-0.1, -0.05) is 37.3 Å². The van der Waals surface area contributed by atoms with Gasteiger partial charge in [0, 0.05) is 19.2 Å². The van der Waals surface area contributed by atoms with Crippen LogP contribution in [0.15, 0.2) is 30.3 Å².